The van der Waals surface area contributed by atoms with Crippen molar-refractivity contribution in [3.63, 3.8) is 0 Å². The summed E-state index contributed by atoms with van der Waals surface area (Å²) in [6.07, 6.45) is 4.61. The Kier molecular flexibility index (Phi) is 5.50. The lowest BCUT2D eigenvalue weighted by atomic mass is 9.85. The van der Waals surface area contributed by atoms with Crippen molar-refractivity contribution < 1.29 is 19.2 Å². The first-order chi connectivity index (χ1) is 14.5. The van der Waals surface area contributed by atoms with E-state index in [2.05, 4.69) is 0 Å². The maximum atomic E-state index is 13.3. The number of hydrazine groups is 1. The van der Waals surface area contributed by atoms with Gasteiger partial charge in [-0.2, -0.15) is 5.01 Å². The first-order valence-electron chi connectivity index (χ1n) is 9.66. The molecule has 2 aliphatic rings. The van der Waals surface area contributed by atoms with Crippen molar-refractivity contribution >= 4 is 35.1 Å². The first-order valence-corrected chi connectivity index (χ1v) is 10.0. The molecule has 7 heteroatoms. The number of hydrogen-bond donors (Lipinski definition) is 0. The van der Waals surface area contributed by atoms with Crippen molar-refractivity contribution in [3.8, 4) is 0 Å². The van der Waals surface area contributed by atoms with Gasteiger partial charge < -0.3 is 0 Å². The quantitative estimate of drug-likeness (QED) is 0.419. The van der Waals surface area contributed by atoms with Crippen LogP contribution in [0.4, 0.5) is 0 Å². The van der Waals surface area contributed by atoms with Gasteiger partial charge in [-0.05, 0) is 25.0 Å². The summed E-state index contributed by atoms with van der Waals surface area (Å²) in [5.74, 6) is -3.01. The van der Waals surface area contributed by atoms with Crippen molar-refractivity contribution in [2.45, 2.75) is 12.8 Å². The molecule has 1 heterocycles. The molecule has 1 aliphatic heterocycles. The lowest BCUT2D eigenvalue weighted by molar-refractivity contribution is -0.154. The zero-order chi connectivity index (χ0) is 21.3. The number of benzene rings is 2. The van der Waals surface area contributed by atoms with E-state index in [9.17, 15) is 19.2 Å². The molecule has 0 radical (unpaired) electrons. The van der Waals surface area contributed by atoms with Gasteiger partial charge in [0.05, 0.1) is 22.4 Å². The zero-order valence-corrected chi connectivity index (χ0v) is 16.8. The average Bonchev–Trinajstić information content (AvgIpc) is 3.03. The number of rotatable bonds is 5. The maximum Gasteiger partial charge on any atom is 0.274 e. The van der Waals surface area contributed by atoms with E-state index in [1.807, 2.05) is 12.2 Å². The van der Waals surface area contributed by atoms with Gasteiger partial charge in [0, 0.05) is 5.56 Å². The summed E-state index contributed by atoms with van der Waals surface area (Å²) in [6, 6.07) is 14.8. The minimum atomic E-state index is -0.668. The Balaban J connectivity index is 1.71. The number of carbonyl (C=O) groups is 4. The predicted molar refractivity (Wildman–Crippen MR) is 110 cm³/mol. The fourth-order valence-corrected chi connectivity index (χ4v) is 4.10. The van der Waals surface area contributed by atoms with E-state index in [0.717, 1.165) is 10.0 Å². The van der Waals surface area contributed by atoms with Gasteiger partial charge in [0.25, 0.3) is 17.7 Å². The van der Waals surface area contributed by atoms with Gasteiger partial charge in [-0.1, -0.05) is 66.2 Å². The van der Waals surface area contributed by atoms with Crippen LogP contribution in [0.5, 0.6) is 0 Å². The highest BCUT2D eigenvalue weighted by molar-refractivity contribution is 6.34. The van der Waals surface area contributed by atoms with Crippen molar-refractivity contribution in [2.75, 3.05) is 6.54 Å². The number of imide groups is 1. The summed E-state index contributed by atoms with van der Waals surface area (Å²) in [5, 5.41) is 1.98. The SMILES string of the molecule is O=C(CN(C(=O)c1ccccc1Cl)N1C(=O)[C@H]2CC=CC[C@@H]2C1=O)c1ccccc1. The van der Waals surface area contributed by atoms with Crippen molar-refractivity contribution in [1.29, 1.82) is 0 Å². The summed E-state index contributed by atoms with van der Waals surface area (Å²) in [5.41, 5.74) is 0.501. The number of hydrogen-bond acceptors (Lipinski definition) is 4. The van der Waals surface area contributed by atoms with Crippen LogP contribution in [0.1, 0.15) is 33.6 Å². The molecular formula is C23H19ClN2O4. The van der Waals surface area contributed by atoms with Gasteiger partial charge in [-0.3, -0.25) is 19.2 Å². The number of Topliss-reactive ketones (excluding diaryl/α,β-unsaturated/α-hetero) is 1. The van der Waals surface area contributed by atoms with E-state index in [1.165, 1.54) is 6.07 Å². The van der Waals surface area contributed by atoms with E-state index in [4.69, 9.17) is 11.6 Å². The Labute approximate surface area is 178 Å². The number of nitrogens with zero attached hydrogens (tertiary/aromatic N) is 2. The van der Waals surface area contributed by atoms with Crippen molar-refractivity contribution in [2.24, 2.45) is 11.8 Å². The van der Waals surface area contributed by atoms with E-state index < -0.39 is 36.1 Å². The summed E-state index contributed by atoms with van der Waals surface area (Å²) >= 11 is 6.19. The summed E-state index contributed by atoms with van der Waals surface area (Å²) in [7, 11) is 0. The fraction of sp³-hybridized carbons (Fsp3) is 0.217. The zero-order valence-electron chi connectivity index (χ0n) is 16.0. The largest absolute Gasteiger partial charge is 0.292 e. The Bertz CT molecular complexity index is 1020. The molecule has 2 atom stereocenters. The van der Waals surface area contributed by atoms with Crippen molar-refractivity contribution in [3.05, 3.63) is 82.9 Å². The summed E-state index contributed by atoms with van der Waals surface area (Å²) in [6.45, 7) is -0.446. The number of allylic oxidation sites excluding steroid dienone is 2. The van der Waals surface area contributed by atoms with Crippen LogP contribution < -0.4 is 0 Å². The standard InChI is InChI=1S/C23H19ClN2O4/c24-19-13-7-6-12-18(19)21(28)25(14-20(27)15-8-2-1-3-9-15)26-22(29)16-10-4-5-11-17(16)23(26)30/h1-9,12-13,16-17H,10-11,14H2/t16-,17-/m0/s1. The van der Waals surface area contributed by atoms with Gasteiger partial charge in [-0.15, -0.1) is 0 Å². The lowest BCUT2D eigenvalue weighted by Gasteiger charge is -2.30. The van der Waals surface area contributed by atoms with E-state index in [0.29, 0.717) is 18.4 Å². The molecule has 0 N–H and O–H groups in total. The smallest absolute Gasteiger partial charge is 0.274 e. The molecule has 0 bridgehead atoms. The van der Waals surface area contributed by atoms with Crippen molar-refractivity contribution in [1.82, 2.24) is 10.0 Å². The Morgan fingerprint density at radius 2 is 1.47 bits per heavy atom. The number of ketones is 1. The molecule has 0 saturated carbocycles. The molecule has 0 aromatic heterocycles. The molecule has 30 heavy (non-hydrogen) atoms. The van der Waals surface area contributed by atoms with Gasteiger partial charge in [0.15, 0.2) is 5.78 Å². The van der Waals surface area contributed by atoms with Gasteiger partial charge >= 0.3 is 0 Å². The minimum absolute atomic E-state index is 0.119. The van der Waals surface area contributed by atoms with E-state index in [-0.39, 0.29) is 16.4 Å². The third kappa shape index (κ3) is 3.55. The molecule has 4 rings (SSSR count). The second-order valence-corrected chi connectivity index (χ2v) is 7.68. The molecule has 2 aromatic rings. The molecule has 2 aromatic carbocycles. The molecule has 6 nitrogen and oxygen atoms in total. The minimum Gasteiger partial charge on any atom is -0.292 e. The maximum absolute atomic E-state index is 13.3. The van der Waals surface area contributed by atoms with Crippen LogP contribution in [0, 0.1) is 11.8 Å². The van der Waals surface area contributed by atoms with Crippen LogP contribution in [0.15, 0.2) is 66.7 Å². The highest BCUT2D eigenvalue weighted by Gasteiger charge is 2.51. The third-order valence-electron chi connectivity index (χ3n) is 5.45. The topological polar surface area (TPSA) is 74.8 Å². The first kappa shape index (κ1) is 20.0. The Morgan fingerprint density at radius 3 is 2.07 bits per heavy atom. The molecule has 1 saturated heterocycles. The predicted octanol–water partition coefficient (Wildman–Crippen LogP) is 3.53. The number of halogens is 1. The Hall–Kier alpha value is -3.25. The molecule has 1 fully saturated rings. The van der Waals surface area contributed by atoms with Crippen LogP contribution in [-0.2, 0) is 9.59 Å². The van der Waals surface area contributed by atoms with E-state index in [1.54, 1.807) is 48.5 Å². The third-order valence-corrected chi connectivity index (χ3v) is 5.78. The van der Waals surface area contributed by atoms with Crippen LogP contribution >= 0.6 is 11.6 Å². The molecule has 1 aliphatic carbocycles. The van der Waals surface area contributed by atoms with Gasteiger partial charge in [-0.25, -0.2) is 5.01 Å². The number of carbonyl (C=O) groups excluding carboxylic acids is 4. The van der Waals surface area contributed by atoms with Crippen LogP contribution in [0.2, 0.25) is 5.02 Å². The monoisotopic (exact) mass is 422 g/mol. The second-order valence-electron chi connectivity index (χ2n) is 7.28. The normalized spacial score (nSPS) is 20.2. The molecule has 3 amide bonds. The molecular weight excluding hydrogens is 404 g/mol. The molecule has 152 valence electrons. The second kappa shape index (κ2) is 8.24. The molecule has 0 unspecified atom stereocenters. The summed E-state index contributed by atoms with van der Waals surface area (Å²) < 4.78 is 0. The fourth-order valence-electron chi connectivity index (χ4n) is 3.88. The number of fused-ring (bicyclic) bond motifs is 1. The Morgan fingerprint density at radius 1 is 0.900 bits per heavy atom. The lowest BCUT2D eigenvalue weighted by Crippen LogP contribution is -2.52. The highest BCUT2D eigenvalue weighted by Crippen LogP contribution is 2.36. The summed E-state index contributed by atoms with van der Waals surface area (Å²) in [4.78, 5) is 52.3. The highest BCUT2D eigenvalue weighted by atomic mass is 35.5. The van der Waals surface area contributed by atoms with E-state index >= 15 is 0 Å². The average molecular weight is 423 g/mol. The number of amides is 3. The van der Waals surface area contributed by atoms with Gasteiger partial charge in [0.1, 0.15) is 6.54 Å². The van der Waals surface area contributed by atoms with Crippen LogP contribution in [-0.4, -0.2) is 40.1 Å². The molecule has 0 spiro atoms. The van der Waals surface area contributed by atoms with Gasteiger partial charge in [0.2, 0.25) is 0 Å². The van der Waals surface area contributed by atoms with Crippen LogP contribution in [0.3, 0.4) is 0 Å². The van der Waals surface area contributed by atoms with Crippen LogP contribution in [0.25, 0.3) is 0 Å².